The van der Waals surface area contributed by atoms with E-state index in [4.69, 9.17) is 9.72 Å². The second kappa shape index (κ2) is 10.1. The molecule has 1 saturated heterocycles. The Bertz CT molecular complexity index is 1110. The molecule has 1 atom stereocenters. The average molecular weight is 449 g/mol. The van der Waals surface area contributed by atoms with Gasteiger partial charge in [0, 0.05) is 38.8 Å². The Kier molecular flexibility index (Phi) is 7.03. The minimum atomic E-state index is -0.146. The molecule has 8 nitrogen and oxygen atoms in total. The molecule has 0 aliphatic carbocycles. The van der Waals surface area contributed by atoms with Gasteiger partial charge in [-0.05, 0) is 38.8 Å². The third kappa shape index (κ3) is 5.22. The maximum atomic E-state index is 12.7. The molecule has 3 aromatic rings. The van der Waals surface area contributed by atoms with Crippen molar-refractivity contribution in [3.8, 4) is 5.88 Å². The van der Waals surface area contributed by atoms with Crippen LogP contribution in [0, 0.1) is 13.8 Å². The van der Waals surface area contributed by atoms with Crippen LogP contribution in [0.15, 0.2) is 36.5 Å². The molecule has 33 heavy (non-hydrogen) atoms. The van der Waals surface area contributed by atoms with Crippen LogP contribution >= 0.6 is 0 Å². The number of ether oxygens (including phenoxy) is 1. The fourth-order valence-corrected chi connectivity index (χ4v) is 4.53. The molecule has 0 bridgehead atoms. The summed E-state index contributed by atoms with van der Waals surface area (Å²) in [6.45, 7) is 7.07. The smallest absolute Gasteiger partial charge is 0.254 e. The van der Waals surface area contributed by atoms with E-state index in [9.17, 15) is 4.79 Å². The van der Waals surface area contributed by atoms with E-state index in [1.807, 2.05) is 51.2 Å². The van der Waals surface area contributed by atoms with Gasteiger partial charge in [-0.1, -0.05) is 30.3 Å². The van der Waals surface area contributed by atoms with Gasteiger partial charge in [0.1, 0.15) is 5.82 Å². The number of carbonyl (C=O) groups excluding carboxylic acids is 1. The second-order valence-electron chi connectivity index (χ2n) is 8.67. The van der Waals surface area contributed by atoms with Gasteiger partial charge in [0.15, 0.2) is 0 Å². The van der Waals surface area contributed by atoms with Gasteiger partial charge in [-0.25, -0.2) is 14.6 Å². The van der Waals surface area contributed by atoms with Gasteiger partial charge in [0.2, 0.25) is 5.88 Å². The molecule has 4 rings (SSSR count). The van der Waals surface area contributed by atoms with E-state index in [0.29, 0.717) is 17.8 Å². The largest absolute Gasteiger partial charge is 0.481 e. The van der Waals surface area contributed by atoms with Gasteiger partial charge in [0.05, 0.1) is 29.6 Å². The van der Waals surface area contributed by atoms with E-state index in [2.05, 4.69) is 20.3 Å². The van der Waals surface area contributed by atoms with Crippen molar-refractivity contribution < 1.29 is 9.53 Å². The van der Waals surface area contributed by atoms with Gasteiger partial charge in [-0.3, -0.25) is 9.69 Å². The molecule has 1 aliphatic rings. The molecule has 1 aliphatic heterocycles. The number of aromatic nitrogens is 4. The first-order valence-corrected chi connectivity index (χ1v) is 11.4. The summed E-state index contributed by atoms with van der Waals surface area (Å²) in [4.78, 5) is 24.4. The topological polar surface area (TPSA) is 85.2 Å². The second-order valence-corrected chi connectivity index (χ2v) is 8.67. The molecule has 3 heterocycles. The Morgan fingerprint density at radius 3 is 2.73 bits per heavy atom. The van der Waals surface area contributed by atoms with E-state index >= 15 is 0 Å². The number of nitrogens with one attached hydrogen (secondary N) is 1. The van der Waals surface area contributed by atoms with Gasteiger partial charge >= 0.3 is 0 Å². The Hall–Kier alpha value is -3.26. The highest BCUT2D eigenvalue weighted by Crippen LogP contribution is 2.29. The quantitative estimate of drug-likeness (QED) is 0.598. The molecule has 0 spiro atoms. The lowest BCUT2D eigenvalue weighted by atomic mass is 9.96. The van der Waals surface area contributed by atoms with Crippen LogP contribution in [0.1, 0.15) is 57.5 Å². The first kappa shape index (κ1) is 22.9. The van der Waals surface area contributed by atoms with Gasteiger partial charge in [-0.15, -0.1) is 0 Å². The minimum absolute atomic E-state index is 0.146. The Balaban J connectivity index is 1.41. The maximum Gasteiger partial charge on any atom is 0.254 e. The predicted octanol–water partition coefficient (Wildman–Crippen LogP) is 3.15. The predicted molar refractivity (Wildman–Crippen MR) is 126 cm³/mol. The maximum absolute atomic E-state index is 12.7. The van der Waals surface area contributed by atoms with Gasteiger partial charge in [0.25, 0.3) is 5.91 Å². The van der Waals surface area contributed by atoms with Crippen molar-refractivity contribution in [3.63, 3.8) is 0 Å². The van der Waals surface area contributed by atoms with E-state index in [1.54, 1.807) is 18.0 Å². The molecule has 1 aromatic carbocycles. The summed E-state index contributed by atoms with van der Waals surface area (Å²) < 4.78 is 7.35. The van der Waals surface area contributed by atoms with E-state index < -0.39 is 0 Å². The van der Waals surface area contributed by atoms with Crippen molar-refractivity contribution >= 4 is 5.91 Å². The molecule has 174 valence electrons. The van der Waals surface area contributed by atoms with Crippen LogP contribution in [0.5, 0.6) is 5.88 Å². The highest BCUT2D eigenvalue weighted by atomic mass is 16.5. The number of hydrogen-bond donors (Lipinski definition) is 1. The molecular formula is C25H32N6O2. The van der Waals surface area contributed by atoms with Crippen molar-refractivity contribution in [1.29, 1.82) is 0 Å². The number of hydrogen-bond acceptors (Lipinski definition) is 6. The zero-order valence-corrected chi connectivity index (χ0v) is 19.8. The standard InChI is InChI=1S/C25H32N6O2/c1-17-21(24(32)27-13-19-9-6-5-7-10-19)14-26-23(28-17)20-11-8-12-31(15-20)16-22-18(2)29-30(3)25(22)33-4/h5-7,9-10,14,20H,8,11-13,15-16H2,1-4H3,(H,27,32)/t20-/m0/s1. The van der Waals surface area contributed by atoms with Crippen molar-refractivity contribution in [1.82, 2.24) is 30.0 Å². The third-order valence-electron chi connectivity index (χ3n) is 6.27. The molecule has 1 amide bonds. The van der Waals surface area contributed by atoms with Crippen LogP contribution in [-0.4, -0.2) is 50.8 Å². The first-order valence-electron chi connectivity index (χ1n) is 11.4. The molecule has 0 unspecified atom stereocenters. The number of benzene rings is 1. The van der Waals surface area contributed by atoms with E-state index in [1.165, 1.54) is 0 Å². The number of methoxy groups -OCH3 is 1. The zero-order chi connectivity index (χ0) is 23.4. The Morgan fingerprint density at radius 1 is 1.21 bits per heavy atom. The summed E-state index contributed by atoms with van der Waals surface area (Å²) in [5, 5.41) is 7.46. The number of likely N-dealkylation sites (tertiary alicyclic amines) is 1. The summed E-state index contributed by atoms with van der Waals surface area (Å²) in [5.41, 5.74) is 4.42. The lowest BCUT2D eigenvalue weighted by Gasteiger charge is -2.32. The van der Waals surface area contributed by atoms with Crippen molar-refractivity contribution in [2.24, 2.45) is 7.05 Å². The van der Waals surface area contributed by atoms with Crippen LogP contribution in [0.3, 0.4) is 0 Å². The fourth-order valence-electron chi connectivity index (χ4n) is 4.53. The Labute approximate surface area is 195 Å². The van der Waals surface area contributed by atoms with Crippen molar-refractivity contribution in [2.75, 3.05) is 20.2 Å². The number of aryl methyl sites for hydroxylation is 3. The lowest BCUT2D eigenvalue weighted by Crippen LogP contribution is -2.35. The first-order chi connectivity index (χ1) is 16.0. The number of nitrogens with zero attached hydrogens (tertiary/aromatic N) is 5. The van der Waals surface area contributed by atoms with Gasteiger partial charge < -0.3 is 10.1 Å². The third-order valence-corrected chi connectivity index (χ3v) is 6.27. The summed E-state index contributed by atoms with van der Waals surface area (Å²) in [7, 11) is 3.59. The van der Waals surface area contributed by atoms with E-state index in [-0.39, 0.29) is 11.8 Å². The number of carbonyl (C=O) groups is 1. The monoisotopic (exact) mass is 448 g/mol. The summed E-state index contributed by atoms with van der Waals surface area (Å²) in [5.74, 6) is 1.72. The molecule has 0 radical (unpaired) electrons. The number of amides is 1. The number of piperidine rings is 1. The normalized spacial score (nSPS) is 16.5. The average Bonchev–Trinajstić information content (AvgIpc) is 3.10. The summed E-state index contributed by atoms with van der Waals surface area (Å²) in [6.07, 6.45) is 3.79. The molecule has 2 aromatic heterocycles. The van der Waals surface area contributed by atoms with Crippen molar-refractivity contribution in [3.05, 3.63) is 70.4 Å². The molecule has 1 N–H and O–H groups in total. The molecule has 0 saturated carbocycles. The zero-order valence-electron chi connectivity index (χ0n) is 19.8. The SMILES string of the molecule is COc1c(CN2CCC[C@H](c3ncc(C(=O)NCc4ccccc4)c(C)n3)C2)c(C)nn1C. The fraction of sp³-hybridized carbons (Fsp3) is 0.440. The van der Waals surface area contributed by atoms with Crippen LogP contribution in [0.4, 0.5) is 0 Å². The lowest BCUT2D eigenvalue weighted by molar-refractivity contribution is 0.0949. The van der Waals surface area contributed by atoms with Crippen LogP contribution in [0.2, 0.25) is 0 Å². The summed E-state index contributed by atoms with van der Waals surface area (Å²) in [6, 6.07) is 9.87. The van der Waals surface area contributed by atoms with Gasteiger partial charge in [-0.2, -0.15) is 5.10 Å². The number of rotatable bonds is 7. The van der Waals surface area contributed by atoms with Crippen LogP contribution in [0.25, 0.3) is 0 Å². The highest BCUT2D eigenvalue weighted by Gasteiger charge is 2.26. The highest BCUT2D eigenvalue weighted by molar-refractivity contribution is 5.94. The molecule has 8 heteroatoms. The minimum Gasteiger partial charge on any atom is -0.481 e. The molecule has 1 fully saturated rings. The van der Waals surface area contributed by atoms with Crippen molar-refractivity contribution in [2.45, 2.75) is 45.7 Å². The van der Waals surface area contributed by atoms with Crippen LogP contribution < -0.4 is 10.1 Å². The van der Waals surface area contributed by atoms with Crippen LogP contribution in [-0.2, 0) is 20.1 Å². The Morgan fingerprint density at radius 2 is 2.00 bits per heavy atom. The van der Waals surface area contributed by atoms with E-state index in [0.717, 1.165) is 61.0 Å². The summed E-state index contributed by atoms with van der Waals surface area (Å²) >= 11 is 0. The molecular weight excluding hydrogens is 416 g/mol.